The number of thioether (sulfide) groups is 1. The molecule has 0 bridgehead atoms. The molecular weight excluding hydrogens is 398 g/mol. The van der Waals surface area contributed by atoms with Crippen molar-refractivity contribution in [2.75, 3.05) is 11.9 Å². The van der Waals surface area contributed by atoms with Gasteiger partial charge in [-0.05, 0) is 55.8 Å². The number of amides is 2. The third-order valence-corrected chi connectivity index (χ3v) is 5.47. The van der Waals surface area contributed by atoms with Crippen molar-refractivity contribution in [2.24, 2.45) is 4.99 Å². The van der Waals surface area contributed by atoms with Crippen molar-refractivity contribution >= 4 is 51.7 Å². The molecule has 1 atom stereocenters. The zero-order valence-electron chi connectivity index (χ0n) is 15.5. The van der Waals surface area contributed by atoms with Gasteiger partial charge in [-0.1, -0.05) is 29.4 Å². The van der Waals surface area contributed by atoms with E-state index in [9.17, 15) is 9.59 Å². The number of hydrogen-bond donors (Lipinski definition) is 2. The molecule has 1 aliphatic heterocycles. The Bertz CT molecular complexity index is 915. The number of halogens is 1. The van der Waals surface area contributed by atoms with Crippen molar-refractivity contribution in [3.63, 3.8) is 0 Å². The van der Waals surface area contributed by atoms with Crippen LogP contribution in [-0.2, 0) is 9.59 Å². The van der Waals surface area contributed by atoms with Gasteiger partial charge in [-0.3, -0.25) is 9.59 Å². The molecule has 1 aliphatic rings. The third-order valence-electron chi connectivity index (χ3n) is 3.98. The summed E-state index contributed by atoms with van der Waals surface area (Å²) in [5.41, 5.74) is 2.23. The van der Waals surface area contributed by atoms with Crippen molar-refractivity contribution < 1.29 is 14.3 Å². The van der Waals surface area contributed by atoms with Crippen molar-refractivity contribution in [1.29, 1.82) is 0 Å². The summed E-state index contributed by atoms with van der Waals surface area (Å²) in [6.45, 7) is 4.40. The van der Waals surface area contributed by atoms with Crippen LogP contribution in [0.5, 0.6) is 5.75 Å². The lowest BCUT2D eigenvalue weighted by Gasteiger charge is -2.08. The monoisotopic (exact) mass is 417 g/mol. The van der Waals surface area contributed by atoms with Gasteiger partial charge < -0.3 is 15.4 Å². The number of nitrogens with zero attached hydrogens (tertiary/aromatic N) is 1. The van der Waals surface area contributed by atoms with Crippen LogP contribution in [0.1, 0.15) is 18.9 Å². The molecule has 28 heavy (non-hydrogen) atoms. The largest absolute Gasteiger partial charge is 0.494 e. The summed E-state index contributed by atoms with van der Waals surface area (Å²) in [6, 6.07) is 12.6. The number of benzene rings is 2. The molecule has 2 aromatic carbocycles. The Morgan fingerprint density at radius 3 is 2.71 bits per heavy atom. The highest BCUT2D eigenvalue weighted by molar-refractivity contribution is 8.15. The molecule has 0 saturated carbocycles. The van der Waals surface area contributed by atoms with Crippen molar-refractivity contribution in [2.45, 2.75) is 25.5 Å². The average molecular weight is 418 g/mol. The number of amidine groups is 1. The van der Waals surface area contributed by atoms with Gasteiger partial charge >= 0.3 is 0 Å². The van der Waals surface area contributed by atoms with E-state index in [-0.39, 0.29) is 18.2 Å². The maximum Gasteiger partial charge on any atom is 0.240 e. The SMILES string of the molecule is CCOc1ccc(N=C2NC(=O)[C@H](CC(=O)Nc3ccc(C)c(Cl)c3)S2)cc1. The smallest absolute Gasteiger partial charge is 0.240 e. The van der Waals surface area contributed by atoms with Gasteiger partial charge in [0.15, 0.2) is 5.17 Å². The van der Waals surface area contributed by atoms with Gasteiger partial charge in [0.2, 0.25) is 11.8 Å². The van der Waals surface area contributed by atoms with Crippen molar-refractivity contribution in [3.8, 4) is 5.75 Å². The van der Waals surface area contributed by atoms with Crippen LogP contribution in [0, 0.1) is 6.92 Å². The highest BCUT2D eigenvalue weighted by Gasteiger charge is 2.32. The first-order chi connectivity index (χ1) is 13.4. The molecule has 0 aromatic heterocycles. The highest BCUT2D eigenvalue weighted by atomic mass is 35.5. The van der Waals surface area contributed by atoms with Crippen LogP contribution in [0.2, 0.25) is 5.02 Å². The summed E-state index contributed by atoms with van der Waals surface area (Å²) in [5.74, 6) is 0.280. The van der Waals surface area contributed by atoms with Crippen LogP contribution >= 0.6 is 23.4 Å². The van der Waals surface area contributed by atoms with E-state index >= 15 is 0 Å². The fourth-order valence-electron chi connectivity index (χ4n) is 2.54. The number of ether oxygens (including phenoxy) is 1. The molecule has 0 radical (unpaired) electrons. The van der Waals surface area contributed by atoms with Crippen LogP contribution in [0.15, 0.2) is 47.5 Å². The predicted octanol–water partition coefficient (Wildman–Crippen LogP) is 4.30. The molecule has 1 fully saturated rings. The van der Waals surface area contributed by atoms with E-state index in [0.29, 0.717) is 28.2 Å². The Morgan fingerprint density at radius 1 is 1.29 bits per heavy atom. The molecule has 2 amide bonds. The lowest BCUT2D eigenvalue weighted by Crippen LogP contribution is -2.28. The second kappa shape index (κ2) is 9.12. The lowest BCUT2D eigenvalue weighted by molar-refractivity contribution is -0.122. The van der Waals surface area contributed by atoms with Crippen molar-refractivity contribution in [3.05, 3.63) is 53.1 Å². The number of nitrogens with one attached hydrogen (secondary N) is 2. The molecule has 2 N–H and O–H groups in total. The third kappa shape index (κ3) is 5.27. The molecule has 6 nitrogen and oxygen atoms in total. The van der Waals surface area contributed by atoms with E-state index in [1.165, 1.54) is 11.8 Å². The number of hydrogen-bond acceptors (Lipinski definition) is 5. The first-order valence-corrected chi connectivity index (χ1v) is 10.1. The molecule has 2 aromatic rings. The van der Waals surface area contributed by atoms with Gasteiger partial charge in [0, 0.05) is 17.1 Å². The first-order valence-electron chi connectivity index (χ1n) is 8.79. The lowest BCUT2D eigenvalue weighted by atomic mass is 10.2. The Morgan fingerprint density at radius 2 is 2.04 bits per heavy atom. The molecular formula is C20H20ClN3O3S. The number of aliphatic imine (C=N–C) groups is 1. The van der Waals surface area contributed by atoms with Gasteiger partial charge in [0.25, 0.3) is 0 Å². The first kappa shape index (κ1) is 20.2. The van der Waals surface area contributed by atoms with Gasteiger partial charge in [0.05, 0.1) is 12.3 Å². The number of anilines is 1. The fourth-order valence-corrected chi connectivity index (χ4v) is 3.71. The zero-order valence-corrected chi connectivity index (χ0v) is 17.1. The predicted molar refractivity (Wildman–Crippen MR) is 114 cm³/mol. The summed E-state index contributed by atoms with van der Waals surface area (Å²) in [6.07, 6.45) is 0.0459. The molecule has 0 spiro atoms. The molecule has 1 heterocycles. The van der Waals surface area contributed by atoms with Crippen LogP contribution in [0.4, 0.5) is 11.4 Å². The van der Waals surface area contributed by atoms with E-state index in [1.807, 2.05) is 44.2 Å². The summed E-state index contributed by atoms with van der Waals surface area (Å²) >= 11 is 7.31. The normalized spacial score (nSPS) is 17.5. The minimum atomic E-state index is -0.526. The second-order valence-corrected chi connectivity index (χ2v) is 7.75. The Labute approximate surface area is 172 Å². The second-order valence-electron chi connectivity index (χ2n) is 6.16. The number of aryl methyl sites for hydroxylation is 1. The van der Waals surface area contributed by atoms with Crippen LogP contribution in [0.3, 0.4) is 0 Å². The number of carbonyl (C=O) groups is 2. The van der Waals surface area contributed by atoms with E-state index < -0.39 is 5.25 Å². The summed E-state index contributed by atoms with van der Waals surface area (Å²) in [7, 11) is 0. The van der Waals surface area contributed by atoms with Crippen LogP contribution in [-0.4, -0.2) is 28.8 Å². The molecule has 1 saturated heterocycles. The minimum Gasteiger partial charge on any atom is -0.494 e. The molecule has 146 valence electrons. The molecule has 0 aliphatic carbocycles. The molecule has 8 heteroatoms. The van der Waals surface area contributed by atoms with E-state index in [1.54, 1.807) is 12.1 Å². The number of rotatable bonds is 6. The average Bonchev–Trinajstić information content (AvgIpc) is 2.99. The fraction of sp³-hybridized carbons (Fsp3) is 0.250. The summed E-state index contributed by atoms with van der Waals surface area (Å²) < 4.78 is 5.40. The standard InChI is InChI=1S/C20H20ClN3O3S/c1-3-27-15-8-6-13(7-9-15)23-20-24-19(26)17(28-20)11-18(25)22-14-5-4-12(2)16(21)10-14/h4-10,17H,3,11H2,1-2H3,(H,22,25)(H,23,24,26)/t17-/m0/s1. The Balaban J connectivity index is 1.59. The molecule has 3 rings (SSSR count). The maximum absolute atomic E-state index is 12.3. The Hall–Kier alpha value is -2.51. The minimum absolute atomic E-state index is 0.0459. The number of carbonyl (C=O) groups excluding carboxylic acids is 2. The van der Waals surface area contributed by atoms with E-state index in [0.717, 1.165) is 11.3 Å². The zero-order chi connectivity index (χ0) is 20.1. The van der Waals surface area contributed by atoms with Gasteiger partial charge in [0.1, 0.15) is 11.0 Å². The van der Waals surface area contributed by atoms with E-state index in [2.05, 4.69) is 15.6 Å². The van der Waals surface area contributed by atoms with Crippen molar-refractivity contribution in [1.82, 2.24) is 5.32 Å². The summed E-state index contributed by atoms with van der Waals surface area (Å²) in [5, 5.41) is 6.02. The highest BCUT2D eigenvalue weighted by Crippen LogP contribution is 2.27. The topological polar surface area (TPSA) is 79.8 Å². The van der Waals surface area contributed by atoms with Gasteiger partial charge in [-0.25, -0.2) is 4.99 Å². The molecule has 0 unspecified atom stereocenters. The maximum atomic E-state index is 12.3. The van der Waals surface area contributed by atoms with Gasteiger partial charge in [-0.15, -0.1) is 0 Å². The van der Waals surface area contributed by atoms with Crippen LogP contribution in [0.25, 0.3) is 0 Å². The van der Waals surface area contributed by atoms with Gasteiger partial charge in [-0.2, -0.15) is 0 Å². The van der Waals surface area contributed by atoms with E-state index in [4.69, 9.17) is 16.3 Å². The summed E-state index contributed by atoms with van der Waals surface area (Å²) in [4.78, 5) is 28.9. The quantitative estimate of drug-likeness (QED) is 0.734. The Kier molecular flexibility index (Phi) is 6.59. The van der Waals surface area contributed by atoms with Crippen LogP contribution < -0.4 is 15.4 Å².